The topological polar surface area (TPSA) is 77.8 Å². The molecule has 134 valence electrons. The molecule has 3 aromatic rings. The zero-order valence-corrected chi connectivity index (χ0v) is 15.1. The highest BCUT2D eigenvalue weighted by Crippen LogP contribution is 2.45. The number of rotatable bonds is 6. The van der Waals surface area contributed by atoms with Crippen molar-refractivity contribution in [3.8, 4) is 0 Å². The molecule has 4 nitrogen and oxygen atoms in total. The lowest BCUT2D eigenvalue weighted by molar-refractivity contribution is 0.282. The maximum absolute atomic E-state index is 14.6. The summed E-state index contributed by atoms with van der Waals surface area (Å²) >= 11 is 0. The van der Waals surface area contributed by atoms with Gasteiger partial charge in [-0.2, -0.15) is 0 Å². The highest BCUT2D eigenvalue weighted by atomic mass is 31.2. The third-order valence-electron chi connectivity index (χ3n) is 4.50. The lowest BCUT2D eigenvalue weighted by Gasteiger charge is -2.25. The third kappa shape index (κ3) is 3.13. The van der Waals surface area contributed by atoms with Gasteiger partial charge in [-0.1, -0.05) is 72.8 Å². The molecular formula is C21H21O4P. The van der Waals surface area contributed by atoms with E-state index in [2.05, 4.69) is 0 Å². The molecule has 0 bridgehead atoms. The second kappa shape index (κ2) is 7.98. The van der Waals surface area contributed by atoms with Crippen LogP contribution in [0.5, 0.6) is 0 Å². The van der Waals surface area contributed by atoms with Crippen molar-refractivity contribution in [3.63, 3.8) is 0 Å². The zero-order valence-electron chi connectivity index (χ0n) is 14.2. The van der Waals surface area contributed by atoms with Crippen molar-refractivity contribution in [2.45, 2.75) is 19.8 Å². The van der Waals surface area contributed by atoms with Crippen LogP contribution in [0.1, 0.15) is 16.7 Å². The minimum atomic E-state index is -3.42. The fourth-order valence-electron chi connectivity index (χ4n) is 3.24. The molecular weight excluding hydrogens is 347 g/mol. The van der Waals surface area contributed by atoms with Crippen LogP contribution < -0.4 is 15.9 Å². The van der Waals surface area contributed by atoms with Gasteiger partial charge in [0, 0.05) is 15.9 Å². The molecule has 0 aliphatic heterocycles. The minimum Gasteiger partial charge on any atom is -0.392 e. The number of aliphatic hydroxyl groups is 3. The van der Waals surface area contributed by atoms with E-state index >= 15 is 0 Å². The van der Waals surface area contributed by atoms with E-state index in [0.717, 1.165) is 0 Å². The van der Waals surface area contributed by atoms with E-state index in [1.807, 2.05) is 0 Å². The summed E-state index contributed by atoms with van der Waals surface area (Å²) in [6.45, 7) is -0.742. The number of hydrogen-bond acceptors (Lipinski definition) is 4. The molecule has 0 atom stereocenters. The van der Waals surface area contributed by atoms with E-state index in [9.17, 15) is 19.9 Å². The maximum atomic E-state index is 14.6. The first-order valence-electron chi connectivity index (χ1n) is 8.34. The average molecular weight is 368 g/mol. The summed E-state index contributed by atoms with van der Waals surface area (Å²) in [6.07, 6.45) is 0. The quantitative estimate of drug-likeness (QED) is 0.580. The number of hydrogen-bond donors (Lipinski definition) is 3. The van der Waals surface area contributed by atoms with Gasteiger partial charge < -0.3 is 19.9 Å². The molecule has 0 unspecified atom stereocenters. The van der Waals surface area contributed by atoms with Crippen molar-refractivity contribution < 1.29 is 19.9 Å². The predicted molar refractivity (Wildman–Crippen MR) is 104 cm³/mol. The Hall–Kier alpha value is -2.23. The third-order valence-corrected chi connectivity index (χ3v) is 7.85. The van der Waals surface area contributed by atoms with Crippen LogP contribution in [0.4, 0.5) is 0 Å². The van der Waals surface area contributed by atoms with Gasteiger partial charge in [0.05, 0.1) is 19.8 Å². The Morgan fingerprint density at radius 1 is 0.538 bits per heavy atom. The van der Waals surface area contributed by atoms with Crippen molar-refractivity contribution >= 4 is 23.1 Å². The van der Waals surface area contributed by atoms with Gasteiger partial charge in [-0.15, -0.1) is 0 Å². The Labute approximate surface area is 152 Å². The summed E-state index contributed by atoms with van der Waals surface area (Å²) < 4.78 is 14.6. The smallest absolute Gasteiger partial charge is 0.172 e. The molecule has 0 fully saturated rings. The van der Waals surface area contributed by atoms with Crippen LogP contribution in [-0.4, -0.2) is 15.3 Å². The zero-order chi connectivity index (χ0) is 18.6. The molecule has 3 aromatic carbocycles. The lowest BCUT2D eigenvalue weighted by atomic mass is 10.2. The van der Waals surface area contributed by atoms with Gasteiger partial charge in [0.15, 0.2) is 7.14 Å². The van der Waals surface area contributed by atoms with E-state index in [-0.39, 0.29) is 19.8 Å². The second-order valence-corrected chi connectivity index (χ2v) is 8.63. The fourth-order valence-corrected chi connectivity index (χ4v) is 6.56. The molecule has 0 saturated heterocycles. The number of aliphatic hydroxyl groups excluding tert-OH is 3. The van der Waals surface area contributed by atoms with Gasteiger partial charge in [-0.25, -0.2) is 0 Å². The molecule has 3 rings (SSSR count). The van der Waals surface area contributed by atoms with Crippen LogP contribution in [0.3, 0.4) is 0 Å². The summed E-state index contributed by atoms with van der Waals surface area (Å²) in [5.74, 6) is 0. The maximum Gasteiger partial charge on any atom is 0.172 e. The Bertz CT molecular complexity index is 830. The molecule has 3 N–H and O–H groups in total. The van der Waals surface area contributed by atoms with Crippen molar-refractivity contribution in [1.82, 2.24) is 0 Å². The molecule has 0 spiro atoms. The molecule has 5 heteroatoms. The second-order valence-electron chi connectivity index (χ2n) is 5.97. The van der Waals surface area contributed by atoms with E-state index in [1.165, 1.54) is 0 Å². The van der Waals surface area contributed by atoms with Gasteiger partial charge in [-0.3, -0.25) is 0 Å². The van der Waals surface area contributed by atoms with Crippen molar-refractivity contribution in [2.24, 2.45) is 0 Å². The minimum absolute atomic E-state index is 0.247. The van der Waals surface area contributed by atoms with Gasteiger partial charge in [-0.05, 0) is 16.7 Å². The summed E-state index contributed by atoms with van der Waals surface area (Å²) in [5.41, 5.74) is 1.70. The Kier molecular flexibility index (Phi) is 5.70. The fraction of sp³-hybridized carbons (Fsp3) is 0.143. The van der Waals surface area contributed by atoms with E-state index in [4.69, 9.17) is 0 Å². The molecule has 0 aliphatic carbocycles. The monoisotopic (exact) mass is 368 g/mol. The van der Waals surface area contributed by atoms with Crippen LogP contribution in [0.25, 0.3) is 0 Å². The standard InChI is InChI=1S/C21H21O4P/c22-13-16-7-1-4-10-19(16)26(25,20-11-5-2-8-17(20)14-23)21-12-6-3-9-18(21)15-24/h1-12,22-24H,13-15H2. The van der Waals surface area contributed by atoms with Crippen LogP contribution in [0.2, 0.25) is 0 Å². The molecule has 0 aromatic heterocycles. The molecule has 0 amide bonds. The Morgan fingerprint density at radius 2 is 0.808 bits per heavy atom. The Balaban J connectivity index is 2.42. The molecule has 0 saturated carbocycles. The number of benzene rings is 3. The summed E-state index contributed by atoms with van der Waals surface area (Å²) in [7, 11) is -3.42. The van der Waals surface area contributed by atoms with E-state index in [0.29, 0.717) is 32.6 Å². The average Bonchev–Trinajstić information content (AvgIpc) is 2.73. The predicted octanol–water partition coefficient (Wildman–Crippen LogP) is 1.80. The van der Waals surface area contributed by atoms with Crippen LogP contribution in [0.15, 0.2) is 72.8 Å². The highest BCUT2D eigenvalue weighted by molar-refractivity contribution is 7.85. The van der Waals surface area contributed by atoms with Crippen LogP contribution in [-0.2, 0) is 24.4 Å². The first kappa shape index (κ1) is 18.6. The largest absolute Gasteiger partial charge is 0.392 e. The van der Waals surface area contributed by atoms with Gasteiger partial charge in [0.1, 0.15) is 0 Å². The molecule has 26 heavy (non-hydrogen) atoms. The molecule has 0 radical (unpaired) electrons. The van der Waals surface area contributed by atoms with Gasteiger partial charge in [0.25, 0.3) is 0 Å². The Morgan fingerprint density at radius 3 is 1.08 bits per heavy atom. The SMILES string of the molecule is O=P(c1ccccc1CO)(c1ccccc1CO)c1ccccc1CO. The van der Waals surface area contributed by atoms with Crippen molar-refractivity contribution in [2.75, 3.05) is 0 Å². The summed E-state index contributed by atoms with van der Waals surface area (Å²) in [6, 6.07) is 21.2. The van der Waals surface area contributed by atoms with Crippen LogP contribution >= 0.6 is 7.14 Å². The first-order chi connectivity index (χ1) is 12.7. The summed E-state index contributed by atoms with van der Waals surface area (Å²) in [5, 5.41) is 31.0. The van der Waals surface area contributed by atoms with Crippen molar-refractivity contribution in [1.29, 1.82) is 0 Å². The van der Waals surface area contributed by atoms with Crippen molar-refractivity contribution in [3.05, 3.63) is 89.5 Å². The van der Waals surface area contributed by atoms with Crippen LogP contribution in [0, 0.1) is 0 Å². The van der Waals surface area contributed by atoms with E-state index < -0.39 is 7.14 Å². The molecule has 0 aliphatic rings. The van der Waals surface area contributed by atoms with Gasteiger partial charge >= 0.3 is 0 Å². The van der Waals surface area contributed by atoms with E-state index in [1.54, 1.807) is 72.8 Å². The van der Waals surface area contributed by atoms with Gasteiger partial charge in [0.2, 0.25) is 0 Å². The summed E-state index contributed by atoms with van der Waals surface area (Å²) in [4.78, 5) is 0. The normalized spacial score (nSPS) is 11.5. The molecule has 0 heterocycles. The lowest BCUT2D eigenvalue weighted by Crippen LogP contribution is -2.31. The first-order valence-corrected chi connectivity index (χ1v) is 10.1. The highest BCUT2D eigenvalue weighted by Gasteiger charge is 2.35.